The van der Waals surface area contributed by atoms with E-state index < -0.39 is 11.4 Å². The van der Waals surface area contributed by atoms with Crippen LogP contribution in [-0.2, 0) is 4.79 Å². The number of nitrogens with zero attached hydrogens (tertiary/aromatic N) is 1. The van der Waals surface area contributed by atoms with E-state index in [0.717, 1.165) is 19.3 Å². The zero-order valence-electron chi connectivity index (χ0n) is 11.3. The number of anilines is 1. The Morgan fingerprint density at radius 2 is 2.00 bits per heavy atom. The third kappa shape index (κ3) is 3.47. The molecular formula is C15H18FN3O. The summed E-state index contributed by atoms with van der Waals surface area (Å²) in [5, 5.41) is 14.8. The number of nitrogens with one attached hydrogen (secondary N) is 2. The summed E-state index contributed by atoms with van der Waals surface area (Å²) in [6.45, 7) is -0.0373. The van der Waals surface area contributed by atoms with Crippen molar-refractivity contribution < 1.29 is 9.18 Å². The summed E-state index contributed by atoms with van der Waals surface area (Å²) in [5.74, 6) is -0.676. The van der Waals surface area contributed by atoms with E-state index in [1.807, 2.05) is 0 Å². The number of hydrogen-bond acceptors (Lipinski definition) is 3. The maximum Gasteiger partial charge on any atom is 0.240 e. The molecule has 1 aliphatic carbocycles. The van der Waals surface area contributed by atoms with Gasteiger partial charge in [0.1, 0.15) is 11.4 Å². The van der Waals surface area contributed by atoms with Gasteiger partial charge in [-0.3, -0.25) is 4.79 Å². The van der Waals surface area contributed by atoms with Crippen LogP contribution in [0.15, 0.2) is 24.3 Å². The lowest BCUT2D eigenvalue weighted by molar-refractivity contribution is -0.121. The SMILES string of the molecule is N#CC1(NC(=O)CNc2ccccc2F)CCCCC1. The van der Waals surface area contributed by atoms with Crippen LogP contribution >= 0.6 is 0 Å². The molecule has 0 spiro atoms. The van der Waals surface area contributed by atoms with Crippen LogP contribution in [-0.4, -0.2) is 18.0 Å². The van der Waals surface area contributed by atoms with E-state index in [0.29, 0.717) is 12.8 Å². The van der Waals surface area contributed by atoms with Gasteiger partial charge < -0.3 is 10.6 Å². The van der Waals surface area contributed by atoms with Crippen LogP contribution in [0.5, 0.6) is 0 Å². The number of rotatable bonds is 4. The van der Waals surface area contributed by atoms with Gasteiger partial charge in [0, 0.05) is 0 Å². The lowest BCUT2D eigenvalue weighted by Crippen LogP contribution is -2.50. The highest BCUT2D eigenvalue weighted by Gasteiger charge is 2.33. The number of hydrogen-bond donors (Lipinski definition) is 2. The fourth-order valence-corrected chi connectivity index (χ4v) is 2.51. The van der Waals surface area contributed by atoms with Crippen molar-refractivity contribution in [2.24, 2.45) is 0 Å². The first-order valence-corrected chi connectivity index (χ1v) is 6.86. The molecule has 1 fully saturated rings. The molecule has 0 atom stereocenters. The van der Waals surface area contributed by atoms with Crippen LogP contribution in [0.1, 0.15) is 32.1 Å². The van der Waals surface area contributed by atoms with Crippen LogP contribution in [0, 0.1) is 17.1 Å². The van der Waals surface area contributed by atoms with E-state index in [4.69, 9.17) is 0 Å². The Labute approximate surface area is 118 Å². The minimum Gasteiger partial charge on any atom is -0.374 e. The molecule has 1 aliphatic rings. The predicted octanol–water partition coefficient (Wildman–Crippen LogP) is 2.58. The molecule has 0 saturated heterocycles. The van der Waals surface area contributed by atoms with Crippen molar-refractivity contribution in [2.45, 2.75) is 37.6 Å². The summed E-state index contributed by atoms with van der Waals surface area (Å²) >= 11 is 0. The largest absolute Gasteiger partial charge is 0.374 e. The van der Waals surface area contributed by atoms with Gasteiger partial charge in [0.05, 0.1) is 18.3 Å². The monoisotopic (exact) mass is 275 g/mol. The van der Waals surface area contributed by atoms with Gasteiger partial charge in [0.2, 0.25) is 5.91 Å². The third-order valence-corrected chi connectivity index (χ3v) is 3.61. The fraction of sp³-hybridized carbons (Fsp3) is 0.467. The molecule has 0 radical (unpaired) electrons. The molecule has 2 rings (SSSR count). The van der Waals surface area contributed by atoms with Crippen LogP contribution in [0.3, 0.4) is 0 Å². The molecule has 5 heteroatoms. The molecule has 4 nitrogen and oxygen atoms in total. The molecule has 0 heterocycles. The Kier molecular flexibility index (Phi) is 4.57. The average Bonchev–Trinajstić information content (AvgIpc) is 2.47. The number of amides is 1. The van der Waals surface area contributed by atoms with Crippen molar-refractivity contribution >= 4 is 11.6 Å². The van der Waals surface area contributed by atoms with E-state index >= 15 is 0 Å². The van der Waals surface area contributed by atoms with E-state index in [2.05, 4.69) is 16.7 Å². The Morgan fingerprint density at radius 3 is 2.65 bits per heavy atom. The summed E-state index contributed by atoms with van der Waals surface area (Å²) in [4.78, 5) is 11.9. The molecule has 0 aliphatic heterocycles. The van der Waals surface area contributed by atoms with Gasteiger partial charge in [-0.2, -0.15) is 5.26 Å². The van der Waals surface area contributed by atoms with E-state index in [-0.39, 0.29) is 18.1 Å². The van der Waals surface area contributed by atoms with Gasteiger partial charge in [-0.1, -0.05) is 31.4 Å². The number of nitriles is 1. The Hall–Kier alpha value is -2.09. The van der Waals surface area contributed by atoms with Crippen LogP contribution in [0.25, 0.3) is 0 Å². The van der Waals surface area contributed by atoms with Gasteiger partial charge in [-0.05, 0) is 25.0 Å². The van der Waals surface area contributed by atoms with E-state index in [1.165, 1.54) is 6.07 Å². The Bertz CT molecular complexity index is 518. The molecule has 1 saturated carbocycles. The number of halogens is 1. The maximum absolute atomic E-state index is 13.4. The van der Waals surface area contributed by atoms with Crippen LogP contribution < -0.4 is 10.6 Å². The average molecular weight is 275 g/mol. The minimum absolute atomic E-state index is 0.0373. The molecule has 1 aromatic rings. The summed E-state index contributed by atoms with van der Waals surface area (Å²) in [6.07, 6.45) is 4.39. The summed E-state index contributed by atoms with van der Waals surface area (Å²) in [5.41, 5.74) is -0.455. The minimum atomic E-state index is -0.744. The smallest absolute Gasteiger partial charge is 0.240 e. The molecule has 1 aromatic carbocycles. The summed E-state index contributed by atoms with van der Waals surface area (Å²) < 4.78 is 13.4. The second-order valence-corrected chi connectivity index (χ2v) is 5.14. The van der Waals surface area contributed by atoms with Crippen molar-refractivity contribution in [3.05, 3.63) is 30.1 Å². The second-order valence-electron chi connectivity index (χ2n) is 5.14. The molecule has 106 valence electrons. The number of carbonyl (C=O) groups excluding carboxylic acids is 1. The van der Waals surface area contributed by atoms with Gasteiger partial charge in [-0.15, -0.1) is 0 Å². The molecule has 20 heavy (non-hydrogen) atoms. The van der Waals surface area contributed by atoms with Crippen molar-refractivity contribution in [3.8, 4) is 6.07 Å². The van der Waals surface area contributed by atoms with Gasteiger partial charge in [0.15, 0.2) is 0 Å². The van der Waals surface area contributed by atoms with Crippen LogP contribution in [0.4, 0.5) is 10.1 Å². The Morgan fingerprint density at radius 1 is 1.30 bits per heavy atom. The van der Waals surface area contributed by atoms with Crippen molar-refractivity contribution in [1.29, 1.82) is 5.26 Å². The van der Waals surface area contributed by atoms with E-state index in [9.17, 15) is 14.4 Å². The molecule has 0 aromatic heterocycles. The fourth-order valence-electron chi connectivity index (χ4n) is 2.51. The zero-order valence-corrected chi connectivity index (χ0v) is 11.3. The van der Waals surface area contributed by atoms with Crippen molar-refractivity contribution in [1.82, 2.24) is 5.32 Å². The third-order valence-electron chi connectivity index (χ3n) is 3.61. The first kappa shape index (κ1) is 14.3. The molecule has 0 unspecified atom stereocenters. The van der Waals surface area contributed by atoms with Gasteiger partial charge >= 0.3 is 0 Å². The van der Waals surface area contributed by atoms with Crippen molar-refractivity contribution in [2.75, 3.05) is 11.9 Å². The van der Waals surface area contributed by atoms with Crippen molar-refractivity contribution in [3.63, 3.8) is 0 Å². The standard InChI is InChI=1S/C15H18FN3O/c16-12-6-2-3-7-13(12)18-10-14(20)19-15(11-17)8-4-1-5-9-15/h2-3,6-7,18H,1,4-5,8-10H2,(H,19,20). The first-order chi connectivity index (χ1) is 9.65. The van der Waals surface area contributed by atoms with Gasteiger partial charge in [-0.25, -0.2) is 4.39 Å². The highest BCUT2D eigenvalue weighted by atomic mass is 19.1. The first-order valence-electron chi connectivity index (χ1n) is 6.86. The number of para-hydroxylation sites is 1. The zero-order chi connectivity index (χ0) is 14.4. The summed E-state index contributed by atoms with van der Waals surface area (Å²) in [7, 11) is 0. The quantitative estimate of drug-likeness (QED) is 0.887. The summed E-state index contributed by atoms with van der Waals surface area (Å²) in [6, 6.07) is 8.41. The lowest BCUT2D eigenvalue weighted by atomic mass is 9.83. The second kappa shape index (κ2) is 6.38. The Balaban J connectivity index is 1.89. The van der Waals surface area contributed by atoms with E-state index in [1.54, 1.807) is 18.2 Å². The topological polar surface area (TPSA) is 64.9 Å². The number of benzene rings is 1. The lowest BCUT2D eigenvalue weighted by Gasteiger charge is -2.31. The normalized spacial score (nSPS) is 17.0. The highest BCUT2D eigenvalue weighted by molar-refractivity contribution is 5.81. The molecule has 1 amide bonds. The maximum atomic E-state index is 13.4. The van der Waals surface area contributed by atoms with Gasteiger partial charge in [0.25, 0.3) is 0 Å². The molecule has 2 N–H and O–H groups in total. The van der Waals surface area contributed by atoms with Crippen LogP contribution in [0.2, 0.25) is 0 Å². The number of carbonyl (C=O) groups is 1. The molecule has 0 bridgehead atoms. The predicted molar refractivity (Wildman–Crippen MR) is 74.5 cm³/mol. The highest BCUT2D eigenvalue weighted by Crippen LogP contribution is 2.27. The molecular weight excluding hydrogens is 257 g/mol.